The van der Waals surface area contributed by atoms with Crippen LogP contribution in [0.1, 0.15) is 34.6 Å². The maximum atomic E-state index is 13.1. The van der Waals surface area contributed by atoms with E-state index in [1.54, 1.807) is 30.4 Å². The zero-order valence-corrected chi connectivity index (χ0v) is 17.6. The van der Waals surface area contributed by atoms with Crippen LogP contribution in [0.3, 0.4) is 0 Å². The molecule has 1 aromatic rings. The van der Waals surface area contributed by atoms with Gasteiger partial charge in [-0.15, -0.1) is 23.5 Å². The van der Waals surface area contributed by atoms with Gasteiger partial charge in [-0.1, -0.05) is 39.0 Å². The molecule has 0 aliphatic carbocycles. The molecule has 1 N–H and O–H groups in total. The molecule has 4 nitrogen and oxygen atoms in total. The molecule has 1 amide bonds. The SMILES string of the molecule is CCSC(SCC)=C(C(=O)Nc1ccccc1)C(C)C(C(C)=O)C(C)=O. The molecule has 0 saturated heterocycles. The fourth-order valence-corrected chi connectivity index (χ4v) is 5.25. The second-order valence-corrected chi connectivity index (χ2v) is 8.68. The second kappa shape index (κ2) is 11.2. The summed E-state index contributed by atoms with van der Waals surface area (Å²) in [7, 11) is 0. The van der Waals surface area contributed by atoms with Gasteiger partial charge in [0.2, 0.25) is 0 Å². The van der Waals surface area contributed by atoms with E-state index in [2.05, 4.69) is 5.32 Å². The molecule has 0 radical (unpaired) electrons. The Kier molecular flexibility index (Phi) is 9.73. The van der Waals surface area contributed by atoms with E-state index in [0.29, 0.717) is 11.3 Å². The predicted octanol–water partition coefficient (Wildman–Crippen LogP) is 4.77. The van der Waals surface area contributed by atoms with Gasteiger partial charge in [-0.05, 0) is 37.5 Å². The molecular weight excluding hydrogens is 366 g/mol. The van der Waals surface area contributed by atoms with E-state index in [1.807, 2.05) is 44.2 Å². The first-order valence-electron chi connectivity index (χ1n) is 8.70. The molecule has 0 heterocycles. The van der Waals surface area contributed by atoms with E-state index in [0.717, 1.165) is 15.7 Å². The number of nitrogens with one attached hydrogen (secondary N) is 1. The van der Waals surface area contributed by atoms with Gasteiger partial charge in [-0.2, -0.15) is 0 Å². The Morgan fingerprint density at radius 2 is 1.46 bits per heavy atom. The van der Waals surface area contributed by atoms with Crippen LogP contribution in [0.2, 0.25) is 0 Å². The van der Waals surface area contributed by atoms with Crippen molar-refractivity contribution >= 4 is 46.7 Å². The zero-order chi connectivity index (χ0) is 19.7. The van der Waals surface area contributed by atoms with Crippen molar-refractivity contribution in [3.05, 3.63) is 40.1 Å². The topological polar surface area (TPSA) is 63.2 Å². The first kappa shape index (κ1) is 22.5. The molecule has 1 rings (SSSR count). The van der Waals surface area contributed by atoms with E-state index >= 15 is 0 Å². The number of carbonyl (C=O) groups is 3. The number of hydrogen-bond donors (Lipinski definition) is 1. The van der Waals surface area contributed by atoms with Crippen molar-refractivity contribution in [2.45, 2.75) is 34.6 Å². The van der Waals surface area contributed by atoms with Gasteiger partial charge in [0.1, 0.15) is 11.6 Å². The van der Waals surface area contributed by atoms with Crippen molar-refractivity contribution in [3.63, 3.8) is 0 Å². The monoisotopic (exact) mass is 393 g/mol. The Hall–Kier alpha value is -1.53. The number of anilines is 1. The van der Waals surface area contributed by atoms with Gasteiger partial charge in [0, 0.05) is 21.4 Å². The van der Waals surface area contributed by atoms with E-state index in [1.165, 1.54) is 13.8 Å². The van der Waals surface area contributed by atoms with Crippen LogP contribution in [0.4, 0.5) is 5.69 Å². The average Bonchev–Trinajstić information content (AvgIpc) is 2.55. The Labute approximate surface area is 164 Å². The van der Waals surface area contributed by atoms with Gasteiger partial charge >= 0.3 is 0 Å². The summed E-state index contributed by atoms with van der Waals surface area (Å²) >= 11 is 3.15. The van der Waals surface area contributed by atoms with Gasteiger partial charge < -0.3 is 5.32 Å². The van der Waals surface area contributed by atoms with E-state index in [4.69, 9.17) is 0 Å². The lowest BCUT2D eigenvalue weighted by atomic mass is 9.82. The molecule has 142 valence electrons. The van der Waals surface area contributed by atoms with Crippen LogP contribution in [0, 0.1) is 11.8 Å². The molecule has 0 fully saturated rings. The van der Waals surface area contributed by atoms with E-state index in [-0.39, 0.29) is 17.5 Å². The number of amides is 1. The molecule has 1 aromatic carbocycles. The molecule has 0 spiro atoms. The molecule has 1 atom stereocenters. The standard InChI is InChI=1S/C20H27NO3S2/c1-6-25-20(26-7-2)18(13(3)17(14(4)22)15(5)23)19(24)21-16-11-9-8-10-12-16/h8-13,17H,6-7H2,1-5H3,(H,21,24). The average molecular weight is 394 g/mol. The van der Waals surface area contributed by atoms with Crippen LogP contribution in [0.5, 0.6) is 0 Å². The van der Waals surface area contributed by atoms with Crippen LogP contribution in [0.25, 0.3) is 0 Å². The molecule has 1 unspecified atom stereocenters. The third-order valence-corrected chi connectivity index (χ3v) is 6.13. The van der Waals surface area contributed by atoms with Crippen LogP contribution in [-0.2, 0) is 14.4 Å². The minimum absolute atomic E-state index is 0.211. The van der Waals surface area contributed by atoms with Crippen molar-refractivity contribution in [1.82, 2.24) is 0 Å². The highest BCUT2D eigenvalue weighted by Crippen LogP contribution is 2.37. The predicted molar refractivity (Wildman–Crippen MR) is 112 cm³/mol. The van der Waals surface area contributed by atoms with Gasteiger partial charge in [0.25, 0.3) is 5.91 Å². The number of ketones is 2. The third-order valence-electron chi connectivity index (χ3n) is 3.88. The number of carbonyl (C=O) groups excluding carboxylic acids is 3. The summed E-state index contributed by atoms with van der Waals surface area (Å²) in [5.74, 6) is -0.356. The van der Waals surface area contributed by atoms with Gasteiger partial charge in [0.15, 0.2) is 0 Å². The molecule has 26 heavy (non-hydrogen) atoms. The summed E-state index contributed by atoms with van der Waals surface area (Å²) in [6.07, 6.45) is 0. The molecule has 0 aliphatic rings. The molecular formula is C20H27NO3S2. The largest absolute Gasteiger partial charge is 0.322 e. The minimum Gasteiger partial charge on any atom is -0.322 e. The van der Waals surface area contributed by atoms with Crippen LogP contribution in [-0.4, -0.2) is 29.0 Å². The summed E-state index contributed by atoms with van der Waals surface area (Å²) in [5, 5.41) is 2.91. The lowest BCUT2D eigenvalue weighted by Crippen LogP contribution is -2.32. The van der Waals surface area contributed by atoms with Crippen molar-refractivity contribution < 1.29 is 14.4 Å². The number of thioether (sulfide) groups is 2. The quantitative estimate of drug-likeness (QED) is 0.458. The number of rotatable bonds is 10. The van der Waals surface area contributed by atoms with Crippen molar-refractivity contribution in [3.8, 4) is 0 Å². The highest BCUT2D eigenvalue weighted by molar-refractivity contribution is 8.22. The fourth-order valence-electron chi connectivity index (χ4n) is 2.82. The zero-order valence-electron chi connectivity index (χ0n) is 16.0. The Bertz CT molecular complexity index is 649. The summed E-state index contributed by atoms with van der Waals surface area (Å²) in [6, 6.07) is 9.19. The summed E-state index contributed by atoms with van der Waals surface area (Å²) in [6.45, 7) is 8.65. The lowest BCUT2D eigenvalue weighted by molar-refractivity contribution is -0.131. The first-order valence-corrected chi connectivity index (χ1v) is 10.7. The van der Waals surface area contributed by atoms with Crippen LogP contribution < -0.4 is 5.32 Å². The Morgan fingerprint density at radius 1 is 0.962 bits per heavy atom. The van der Waals surface area contributed by atoms with Crippen molar-refractivity contribution in [1.29, 1.82) is 0 Å². The molecule has 0 bridgehead atoms. The van der Waals surface area contributed by atoms with Crippen LogP contribution in [0.15, 0.2) is 40.1 Å². The second-order valence-electron chi connectivity index (χ2n) is 5.87. The minimum atomic E-state index is -0.809. The molecule has 6 heteroatoms. The third kappa shape index (κ3) is 6.32. The normalized spacial score (nSPS) is 11.8. The van der Waals surface area contributed by atoms with Gasteiger partial charge in [-0.25, -0.2) is 0 Å². The van der Waals surface area contributed by atoms with Gasteiger partial charge in [-0.3, -0.25) is 14.4 Å². The van der Waals surface area contributed by atoms with Crippen molar-refractivity contribution in [2.75, 3.05) is 16.8 Å². The summed E-state index contributed by atoms with van der Waals surface area (Å²) in [4.78, 5) is 37.2. The Morgan fingerprint density at radius 3 is 1.88 bits per heavy atom. The number of para-hydroxylation sites is 1. The summed E-state index contributed by atoms with van der Waals surface area (Å²) in [5.41, 5.74) is 1.20. The molecule has 0 aliphatic heterocycles. The lowest BCUT2D eigenvalue weighted by Gasteiger charge is -2.24. The van der Waals surface area contributed by atoms with Crippen LogP contribution >= 0.6 is 23.5 Å². The molecule has 0 aromatic heterocycles. The number of Topliss-reactive ketones (excluding diaryl/α,β-unsaturated/α-hetero) is 2. The number of hydrogen-bond acceptors (Lipinski definition) is 5. The maximum absolute atomic E-state index is 13.1. The van der Waals surface area contributed by atoms with E-state index in [9.17, 15) is 14.4 Å². The fraction of sp³-hybridized carbons (Fsp3) is 0.450. The highest BCUT2D eigenvalue weighted by atomic mass is 32.2. The Balaban J connectivity index is 3.36. The van der Waals surface area contributed by atoms with Crippen molar-refractivity contribution in [2.24, 2.45) is 11.8 Å². The van der Waals surface area contributed by atoms with E-state index < -0.39 is 11.8 Å². The number of benzene rings is 1. The summed E-state index contributed by atoms with van der Waals surface area (Å²) < 4.78 is 0.878. The first-order chi connectivity index (χ1) is 12.3. The smallest absolute Gasteiger partial charge is 0.253 e. The highest BCUT2D eigenvalue weighted by Gasteiger charge is 2.34. The maximum Gasteiger partial charge on any atom is 0.253 e. The van der Waals surface area contributed by atoms with Gasteiger partial charge in [0.05, 0.1) is 5.92 Å². The molecule has 0 saturated carbocycles.